The minimum atomic E-state index is 0.309. The van der Waals surface area contributed by atoms with E-state index in [1.165, 1.54) is 5.56 Å². The molecule has 0 radical (unpaired) electrons. The van der Waals surface area contributed by atoms with Gasteiger partial charge in [0.2, 0.25) is 0 Å². The molecule has 90 valence electrons. The number of aryl methyl sites for hydroxylation is 1. The molecule has 1 aromatic carbocycles. The Balaban J connectivity index is 1.93. The molecule has 1 unspecified atom stereocenters. The van der Waals surface area contributed by atoms with Gasteiger partial charge in [-0.05, 0) is 36.7 Å². The van der Waals surface area contributed by atoms with Crippen LogP contribution in [0.2, 0.25) is 0 Å². The fourth-order valence-electron chi connectivity index (χ4n) is 2.55. The van der Waals surface area contributed by atoms with Crippen LogP contribution >= 0.6 is 11.6 Å². The van der Waals surface area contributed by atoms with Crippen molar-refractivity contribution in [3.63, 3.8) is 0 Å². The Morgan fingerprint density at radius 1 is 1.35 bits per heavy atom. The number of carbonyl (C=O) groups is 1. The number of allylic oxidation sites excluding steroid dienone is 2. The molecule has 2 atom stereocenters. The lowest BCUT2D eigenvalue weighted by Gasteiger charge is -2.16. The van der Waals surface area contributed by atoms with E-state index < -0.39 is 0 Å². The highest BCUT2D eigenvalue weighted by Gasteiger charge is 2.30. The van der Waals surface area contributed by atoms with Gasteiger partial charge < -0.3 is 0 Å². The molecule has 0 spiro atoms. The summed E-state index contributed by atoms with van der Waals surface area (Å²) in [6.07, 6.45) is 3.95. The zero-order valence-electron chi connectivity index (χ0n) is 10.0. The SMILES string of the molecule is CC1C(C=O)=C(Cl)C[C@@H]1CCc1ccccc1. The number of halogens is 1. The molecule has 0 amide bonds. The molecule has 0 aliphatic heterocycles. The lowest BCUT2D eigenvalue weighted by atomic mass is 9.88. The van der Waals surface area contributed by atoms with Gasteiger partial charge in [-0.3, -0.25) is 4.79 Å². The first-order valence-electron chi connectivity index (χ1n) is 6.10. The number of aldehydes is 1. The summed E-state index contributed by atoms with van der Waals surface area (Å²) in [7, 11) is 0. The maximum Gasteiger partial charge on any atom is 0.147 e. The van der Waals surface area contributed by atoms with Gasteiger partial charge in [0, 0.05) is 10.6 Å². The Morgan fingerprint density at radius 3 is 2.65 bits per heavy atom. The molecular weight excluding hydrogens is 232 g/mol. The van der Waals surface area contributed by atoms with Gasteiger partial charge in [-0.2, -0.15) is 0 Å². The summed E-state index contributed by atoms with van der Waals surface area (Å²) >= 11 is 6.10. The van der Waals surface area contributed by atoms with Crippen molar-refractivity contribution in [2.75, 3.05) is 0 Å². The molecule has 0 N–H and O–H groups in total. The van der Waals surface area contributed by atoms with E-state index in [0.29, 0.717) is 11.8 Å². The Bertz CT molecular complexity index is 422. The van der Waals surface area contributed by atoms with Gasteiger partial charge in [-0.15, -0.1) is 0 Å². The molecule has 1 nitrogen and oxygen atoms in total. The molecule has 1 aliphatic carbocycles. The molecule has 0 heterocycles. The number of hydrogen-bond donors (Lipinski definition) is 0. The Hall–Kier alpha value is -1.08. The third-order valence-electron chi connectivity index (χ3n) is 3.73. The zero-order valence-corrected chi connectivity index (χ0v) is 10.8. The molecule has 17 heavy (non-hydrogen) atoms. The van der Waals surface area contributed by atoms with Crippen LogP contribution in [0.15, 0.2) is 40.9 Å². The largest absolute Gasteiger partial charge is 0.298 e. The first-order valence-corrected chi connectivity index (χ1v) is 6.47. The molecule has 1 aliphatic rings. The van der Waals surface area contributed by atoms with Crippen molar-refractivity contribution in [2.45, 2.75) is 26.2 Å². The van der Waals surface area contributed by atoms with Crippen molar-refractivity contribution in [2.24, 2.45) is 11.8 Å². The average Bonchev–Trinajstić information content (AvgIpc) is 2.63. The summed E-state index contributed by atoms with van der Waals surface area (Å²) in [6, 6.07) is 10.5. The van der Waals surface area contributed by atoms with E-state index in [2.05, 4.69) is 31.2 Å². The van der Waals surface area contributed by atoms with Crippen LogP contribution in [0.5, 0.6) is 0 Å². The highest BCUT2D eigenvalue weighted by Crippen LogP contribution is 2.40. The van der Waals surface area contributed by atoms with E-state index in [1.807, 2.05) is 6.07 Å². The van der Waals surface area contributed by atoms with E-state index in [-0.39, 0.29) is 0 Å². The quantitative estimate of drug-likeness (QED) is 0.737. The van der Waals surface area contributed by atoms with Gasteiger partial charge in [-0.1, -0.05) is 48.9 Å². The lowest BCUT2D eigenvalue weighted by molar-refractivity contribution is -0.105. The highest BCUT2D eigenvalue weighted by molar-refractivity contribution is 6.31. The minimum absolute atomic E-state index is 0.309. The number of benzene rings is 1. The second kappa shape index (κ2) is 5.50. The van der Waals surface area contributed by atoms with E-state index >= 15 is 0 Å². The van der Waals surface area contributed by atoms with E-state index in [0.717, 1.165) is 36.2 Å². The predicted molar refractivity (Wildman–Crippen MR) is 71.0 cm³/mol. The molecular formula is C15H17ClO. The smallest absolute Gasteiger partial charge is 0.147 e. The van der Waals surface area contributed by atoms with Gasteiger partial charge in [-0.25, -0.2) is 0 Å². The fraction of sp³-hybridized carbons (Fsp3) is 0.400. The molecule has 0 saturated heterocycles. The zero-order chi connectivity index (χ0) is 12.3. The molecule has 2 heteroatoms. The molecule has 0 bridgehead atoms. The van der Waals surface area contributed by atoms with Crippen molar-refractivity contribution in [3.05, 3.63) is 46.5 Å². The Kier molecular flexibility index (Phi) is 4.01. The summed E-state index contributed by atoms with van der Waals surface area (Å²) in [6.45, 7) is 2.11. The minimum Gasteiger partial charge on any atom is -0.298 e. The van der Waals surface area contributed by atoms with Gasteiger partial charge in [0.1, 0.15) is 6.29 Å². The maximum atomic E-state index is 10.9. The van der Waals surface area contributed by atoms with Gasteiger partial charge >= 0.3 is 0 Å². The van der Waals surface area contributed by atoms with Crippen LogP contribution in [-0.4, -0.2) is 6.29 Å². The second-order valence-electron chi connectivity index (χ2n) is 4.76. The first-order chi connectivity index (χ1) is 8.22. The van der Waals surface area contributed by atoms with Crippen LogP contribution in [0.3, 0.4) is 0 Å². The third kappa shape index (κ3) is 2.78. The van der Waals surface area contributed by atoms with Crippen molar-refractivity contribution in [1.82, 2.24) is 0 Å². The normalized spacial score (nSPS) is 24.1. The summed E-state index contributed by atoms with van der Waals surface area (Å²) in [5, 5.41) is 0.769. The predicted octanol–water partition coefficient (Wildman–Crippen LogP) is 3.97. The van der Waals surface area contributed by atoms with E-state index in [9.17, 15) is 4.79 Å². The summed E-state index contributed by atoms with van der Waals surface area (Å²) < 4.78 is 0. The van der Waals surface area contributed by atoms with Gasteiger partial charge in [0.05, 0.1) is 0 Å². The Morgan fingerprint density at radius 2 is 2.06 bits per heavy atom. The molecule has 0 saturated carbocycles. The first kappa shape index (κ1) is 12.4. The van der Waals surface area contributed by atoms with Crippen LogP contribution in [0, 0.1) is 11.8 Å². The van der Waals surface area contributed by atoms with E-state index in [4.69, 9.17) is 11.6 Å². The standard InChI is InChI=1S/C15H17ClO/c1-11-13(9-15(16)14(11)10-17)8-7-12-5-3-2-4-6-12/h2-6,10-11,13H,7-9H2,1H3/t11?,13-/m0/s1. The third-order valence-corrected chi connectivity index (χ3v) is 4.10. The average molecular weight is 249 g/mol. The fourth-order valence-corrected chi connectivity index (χ4v) is 2.96. The van der Waals surface area contributed by atoms with Crippen LogP contribution in [0.1, 0.15) is 25.3 Å². The van der Waals surface area contributed by atoms with Crippen molar-refractivity contribution >= 4 is 17.9 Å². The molecule has 2 rings (SSSR count). The summed E-state index contributed by atoms with van der Waals surface area (Å²) in [4.78, 5) is 10.9. The number of carbonyl (C=O) groups excluding carboxylic acids is 1. The number of rotatable bonds is 4. The van der Waals surface area contributed by atoms with Crippen LogP contribution < -0.4 is 0 Å². The van der Waals surface area contributed by atoms with Crippen molar-refractivity contribution in [3.8, 4) is 0 Å². The molecule has 1 aromatic rings. The van der Waals surface area contributed by atoms with E-state index in [1.54, 1.807) is 0 Å². The highest BCUT2D eigenvalue weighted by atomic mass is 35.5. The molecule has 0 fully saturated rings. The lowest BCUT2D eigenvalue weighted by Crippen LogP contribution is -2.09. The van der Waals surface area contributed by atoms with Gasteiger partial charge in [0.15, 0.2) is 0 Å². The second-order valence-corrected chi connectivity index (χ2v) is 5.21. The van der Waals surface area contributed by atoms with Crippen LogP contribution in [0.4, 0.5) is 0 Å². The number of hydrogen-bond acceptors (Lipinski definition) is 1. The van der Waals surface area contributed by atoms with Gasteiger partial charge in [0.25, 0.3) is 0 Å². The topological polar surface area (TPSA) is 17.1 Å². The van der Waals surface area contributed by atoms with Crippen LogP contribution in [-0.2, 0) is 11.2 Å². The summed E-state index contributed by atoms with van der Waals surface area (Å²) in [5.41, 5.74) is 2.17. The monoisotopic (exact) mass is 248 g/mol. The van der Waals surface area contributed by atoms with Crippen LogP contribution in [0.25, 0.3) is 0 Å². The Labute approximate surface area is 107 Å². The van der Waals surface area contributed by atoms with Crippen molar-refractivity contribution in [1.29, 1.82) is 0 Å². The maximum absolute atomic E-state index is 10.9. The summed E-state index contributed by atoms with van der Waals surface area (Å²) in [5.74, 6) is 0.826. The molecule has 0 aromatic heterocycles. The van der Waals surface area contributed by atoms with Crippen molar-refractivity contribution < 1.29 is 4.79 Å².